The lowest BCUT2D eigenvalue weighted by molar-refractivity contribution is 0.539. The Kier molecular flexibility index (Phi) is 1.07. The molecule has 0 radical (unpaired) electrons. The standard InChI is InChI=1S/C9H11N/c1-6-7(2)9-5-10-4-3-8(6)9/h3-7H,1-2H3. The first-order valence-electron chi connectivity index (χ1n) is 3.74. The summed E-state index contributed by atoms with van der Waals surface area (Å²) in [5.74, 6) is 1.47. The summed E-state index contributed by atoms with van der Waals surface area (Å²) in [6.07, 6.45) is 3.86. The molecule has 2 atom stereocenters. The Balaban J connectivity index is 2.50. The molecule has 1 aromatic heterocycles. The minimum Gasteiger partial charge on any atom is -0.264 e. The first-order valence-corrected chi connectivity index (χ1v) is 3.74. The van der Waals surface area contributed by atoms with Gasteiger partial charge in [0.05, 0.1) is 0 Å². The quantitative estimate of drug-likeness (QED) is 0.529. The number of fused-ring (bicyclic) bond motifs is 1. The Hall–Kier alpha value is -0.850. The van der Waals surface area contributed by atoms with E-state index >= 15 is 0 Å². The van der Waals surface area contributed by atoms with Gasteiger partial charge in [-0.3, -0.25) is 4.98 Å². The second-order valence-corrected chi connectivity index (χ2v) is 3.08. The van der Waals surface area contributed by atoms with Crippen LogP contribution in [0.5, 0.6) is 0 Å². The lowest BCUT2D eigenvalue weighted by Crippen LogP contribution is -2.19. The highest BCUT2D eigenvalue weighted by atomic mass is 14.6. The highest BCUT2D eigenvalue weighted by Crippen LogP contribution is 2.44. The minimum absolute atomic E-state index is 0.726. The SMILES string of the molecule is CC1c2ccncc2C1C. The number of hydrogen-bond donors (Lipinski definition) is 0. The number of hydrogen-bond acceptors (Lipinski definition) is 1. The third-order valence-corrected chi connectivity index (χ3v) is 2.62. The van der Waals surface area contributed by atoms with E-state index in [4.69, 9.17) is 0 Å². The maximum absolute atomic E-state index is 4.08. The maximum atomic E-state index is 4.08. The molecular formula is C9H11N. The summed E-state index contributed by atoms with van der Waals surface area (Å²) in [5, 5.41) is 0. The van der Waals surface area contributed by atoms with Gasteiger partial charge in [-0.1, -0.05) is 13.8 Å². The molecule has 0 saturated carbocycles. The van der Waals surface area contributed by atoms with Crippen molar-refractivity contribution in [1.82, 2.24) is 4.98 Å². The lowest BCUT2D eigenvalue weighted by Gasteiger charge is -2.33. The average molecular weight is 133 g/mol. The second-order valence-electron chi connectivity index (χ2n) is 3.08. The average Bonchev–Trinajstić information content (AvgIpc) is 2.03. The van der Waals surface area contributed by atoms with Crippen LogP contribution >= 0.6 is 0 Å². The molecule has 1 heterocycles. The molecule has 0 fully saturated rings. The van der Waals surface area contributed by atoms with Crippen molar-refractivity contribution in [3.63, 3.8) is 0 Å². The van der Waals surface area contributed by atoms with Gasteiger partial charge in [0.1, 0.15) is 0 Å². The van der Waals surface area contributed by atoms with E-state index in [0.717, 1.165) is 11.8 Å². The van der Waals surface area contributed by atoms with E-state index in [1.54, 1.807) is 0 Å². The number of aromatic nitrogens is 1. The van der Waals surface area contributed by atoms with E-state index in [0.29, 0.717) is 0 Å². The van der Waals surface area contributed by atoms with E-state index in [9.17, 15) is 0 Å². The van der Waals surface area contributed by atoms with Gasteiger partial charge in [0.15, 0.2) is 0 Å². The molecule has 1 aliphatic rings. The summed E-state index contributed by atoms with van der Waals surface area (Å²) in [6.45, 7) is 4.53. The Morgan fingerprint density at radius 3 is 2.60 bits per heavy atom. The van der Waals surface area contributed by atoms with Crippen molar-refractivity contribution in [3.05, 3.63) is 29.6 Å². The van der Waals surface area contributed by atoms with E-state index in [1.165, 1.54) is 11.1 Å². The van der Waals surface area contributed by atoms with Gasteiger partial charge in [-0.05, 0) is 29.0 Å². The van der Waals surface area contributed by atoms with Gasteiger partial charge in [-0.25, -0.2) is 0 Å². The Bertz CT molecular complexity index is 228. The molecule has 10 heavy (non-hydrogen) atoms. The predicted octanol–water partition coefficient (Wildman–Crippen LogP) is 2.30. The van der Waals surface area contributed by atoms with Crippen molar-refractivity contribution in [3.8, 4) is 0 Å². The second kappa shape index (κ2) is 1.82. The number of nitrogens with zero attached hydrogens (tertiary/aromatic N) is 1. The molecule has 2 rings (SSSR count). The third-order valence-electron chi connectivity index (χ3n) is 2.62. The fraction of sp³-hybridized carbons (Fsp3) is 0.444. The van der Waals surface area contributed by atoms with Crippen molar-refractivity contribution in [2.24, 2.45) is 0 Å². The molecule has 0 aliphatic heterocycles. The smallest absolute Gasteiger partial charge is 0.0305 e. The van der Waals surface area contributed by atoms with Crippen LogP contribution in [0.3, 0.4) is 0 Å². The normalized spacial score (nSPS) is 29.0. The molecule has 0 bridgehead atoms. The van der Waals surface area contributed by atoms with Crippen LogP contribution in [-0.2, 0) is 0 Å². The monoisotopic (exact) mass is 133 g/mol. The largest absolute Gasteiger partial charge is 0.264 e. The zero-order chi connectivity index (χ0) is 7.14. The Morgan fingerprint density at radius 1 is 1.20 bits per heavy atom. The van der Waals surface area contributed by atoms with Crippen LogP contribution < -0.4 is 0 Å². The van der Waals surface area contributed by atoms with Crippen molar-refractivity contribution >= 4 is 0 Å². The van der Waals surface area contributed by atoms with Crippen LogP contribution in [0.2, 0.25) is 0 Å². The van der Waals surface area contributed by atoms with Crippen LogP contribution in [0.4, 0.5) is 0 Å². The Morgan fingerprint density at radius 2 is 1.90 bits per heavy atom. The minimum atomic E-state index is 0.726. The summed E-state index contributed by atoms with van der Waals surface area (Å²) in [5.41, 5.74) is 2.93. The molecule has 0 aromatic carbocycles. The zero-order valence-electron chi connectivity index (χ0n) is 6.33. The first kappa shape index (κ1) is 5.90. The molecule has 1 aliphatic carbocycles. The molecule has 52 valence electrons. The van der Waals surface area contributed by atoms with Gasteiger partial charge in [-0.2, -0.15) is 0 Å². The summed E-state index contributed by atoms with van der Waals surface area (Å²) in [7, 11) is 0. The van der Waals surface area contributed by atoms with Gasteiger partial charge < -0.3 is 0 Å². The van der Waals surface area contributed by atoms with Gasteiger partial charge in [0, 0.05) is 12.4 Å². The highest BCUT2D eigenvalue weighted by molar-refractivity contribution is 5.41. The molecule has 1 aromatic rings. The van der Waals surface area contributed by atoms with Crippen LogP contribution in [0.15, 0.2) is 18.5 Å². The van der Waals surface area contributed by atoms with Crippen molar-refractivity contribution in [1.29, 1.82) is 0 Å². The van der Waals surface area contributed by atoms with Crippen LogP contribution in [0.1, 0.15) is 36.8 Å². The van der Waals surface area contributed by atoms with Crippen LogP contribution in [-0.4, -0.2) is 4.98 Å². The van der Waals surface area contributed by atoms with Crippen molar-refractivity contribution in [2.45, 2.75) is 25.7 Å². The molecular weight excluding hydrogens is 122 g/mol. The van der Waals surface area contributed by atoms with Crippen LogP contribution in [0.25, 0.3) is 0 Å². The molecule has 2 unspecified atom stereocenters. The van der Waals surface area contributed by atoms with Gasteiger partial charge >= 0.3 is 0 Å². The molecule has 1 heteroatoms. The van der Waals surface area contributed by atoms with E-state index in [-0.39, 0.29) is 0 Å². The molecule has 0 saturated heterocycles. The molecule has 0 N–H and O–H groups in total. The fourth-order valence-electron chi connectivity index (χ4n) is 1.66. The first-order chi connectivity index (χ1) is 4.80. The maximum Gasteiger partial charge on any atom is 0.0305 e. The van der Waals surface area contributed by atoms with Crippen molar-refractivity contribution < 1.29 is 0 Å². The van der Waals surface area contributed by atoms with Crippen molar-refractivity contribution in [2.75, 3.05) is 0 Å². The topological polar surface area (TPSA) is 12.9 Å². The Labute approximate surface area is 61.1 Å². The van der Waals surface area contributed by atoms with Crippen LogP contribution in [0, 0.1) is 0 Å². The van der Waals surface area contributed by atoms with E-state index in [1.807, 2.05) is 12.4 Å². The molecule has 1 nitrogen and oxygen atoms in total. The molecule has 0 amide bonds. The number of rotatable bonds is 0. The summed E-state index contributed by atoms with van der Waals surface area (Å²) in [6, 6.07) is 2.12. The van der Waals surface area contributed by atoms with Gasteiger partial charge in [0.2, 0.25) is 0 Å². The number of pyridine rings is 1. The zero-order valence-corrected chi connectivity index (χ0v) is 6.33. The summed E-state index contributed by atoms with van der Waals surface area (Å²) < 4.78 is 0. The van der Waals surface area contributed by atoms with Gasteiger partial charge in [0.25, 0.3) is 0 Å². The van der Waals surface area contributed by atoms with E-state index < -0.39 is 0 Å². The van der Waals surface area contributed by atoms with Gasteiger partial charge in [-0.15, -0.1) is 0 Å². The van der Waals surface area contributed by atoms with E-state index in [2.05, 4.69) is 24.9 Å². The molecule has 0 spiro atoms. The predicted molar refractivity (Wildman–Crippen MR) is 41.1 cm³/mol. The fourth-order valence-corrected chi connectivity index (χ4v) is 1.66. The summed E-state index contributed by atoms with van der Waals surface area (Å²) in [4.78, 5) is 4.08. The third kappa shape index (κ3) is 0.551. The highest BCUT2D eigenvalue weighted by Gasteiger charge is 2.29. The summed E-state index contributed by atoms with van der Waals surface area (Å²) >= 11 is 0. The lowest BCUT2D eigenvalue weighted by atomic mass is 9.71.